The number of nitrogens with zero attached hydrogens (tertiary/aromatic N) is 3. The molecule has 1 aliphatic carbocycles. The summed E-state index contributed by atoms with van der Waals surface area (Å²) in [6.45, 7) is 4.75. The van der Waals surface area contributed by atoms with Crippen LogP contribution in [0.2, 0.25) is 0 Å². The van der Waals surface area contributed by atoms with Crippen LogP contribution in [0, 0.1) is 0 Å². The smallest absolute Gasteiger partial charge is 0.252 e. The fraction of sp³-hybridized carbons (Fsp3) is 0.296. The third kappa shape index (κ3) is 5.06. The molecular formula is C27H30N6O2. The van der Waals surface area contributed by atoms with E-state index >= 15 is 0 Å². The maximum atomic E-state index is 12.0. The number of hydrogen-bond donors (Lipinski definition) is 3. The van der Waals surface area contributed by atoms with Gasteiger partial charge in [-0.3, -0.25) is 9.59 Å². The molecule has 0 atom stereocenters. The quantitative estimate of drug-likeness (QED) is 0.511. The van der Waals surface area contributed by atoms with Gasteiger partial charge in [-0.25, -0.2) is 4.98 Å². The fourth-order valence-electron chi connectivity index (χ4n) is 4.90. The SMILES string of the molecule is CC(=O)N1CCN(c2ccc(Nc3cc(NC4Cc5ccccc5C4)c(C(N)=O)cn3)cc2)CC1. The summed E-state index contributed by atoms with van der Waals surface area (Å²) in [6.07, 6.45) is 3.33. The molecule has 2 heterocycles. The minimum atomic E-state index is -0.503. The van der Waals surface area contributed by atoms with Gasteiger partial charge in [0.25, 0.3) is 5.91 Å². The molecule has 3 aromatic rings. The highest BCUT2D eigenvalue weighted by molar-refractivity contribution is 5.98. The van der Waals surface area contributed by atoms with Crippen LogP contribution in [-0.2, 0) is 17.6 Å². The molecule has 2 aromatic carbocycles. The van der Waals surface area contributed by atoms with Crippen molar-refractivity contribution in [2.75, 3.05) is 41.7 Å². The first-order valence-corrected chi connectivity index (χ1v) is 12.0. The number of nitrogens with one attached hydrogen (secondary N) is 2. The van der Waals surface area contributed by atoms with E-state index in [0.717, 1.165) is 50.4 Å². The zero-order chi connectivity index (χ0) is 24.4. The van der Waals surface area contributed by atoms with Gasteiger partial charge in [0.1, 0.15) is 5.82 Å². The second-order valence-corrected chi connectivity index (χ2v) is 9.16. The lowest BCUT2D eigenvalue weighted by Gasteiger charge is -2.35. The van der Waals surface area contributed by atoms with Crippen LogP contribution in [-0.4, -0.2) is 53.9 Å². The number of benzene rings is 2. The number of pyridine rings is 1. The number of hydrogen-bond acceptors (Lipinski definition) is 6. The van der Waals surface area contributed by atoms with Gasteiger partial charge in [0, 0.05) is 62.8 Å². The maximum Gasteiger partial charge on any atom is 0.252 e. The number of rotatable bonds is 6. The fourth-order valence-corrected chi connectivity index (χ4v) is 4.90. The molecule has 35 heavy (non-hydrogen) atoms. The molecule has 5 rings (SSSR count). The van der Waals surface area contributed by atoms with E-state index in [9.17, 15) is 9.59 Å². The standard InChI is InChI=1S/C27H30N6O2/c1-18(34)32-10-12-33(13-11-32)23-8-6-21(7-9-23)31-26-16-25(24(17-29-26)27(28)35)30-22-14-19-4-2-3-5-20(19)15-22/h2-9,16-17,22H,10-15H2,1H3,(H2,28,35)(H2,29,30,31). The molecule has 0 bridgehead atoms. The molecule has 0 saturated carbocycles. The van der Waals surface area contributed by atoms with E-state index in [1.165, 1.54) is 17.3 Å². The van der Waals surface area contributed by atoms with Crippen molar-refractivity contribution < 1.29 is 9.59 Å². The molecule has 8 nitrogen and oxygen atoms in total. The van der Waals surface area contributed by atoms with Crippen LogP contribution in [0.1, 0.15) is 28.4 Å². The second-order valence-electron chi connectivity index (χ2n) is 9.16. The molecule has 180 valence electrons. The van der Waals surface area contributed by atoms with Gasteiger partial charge in [-0.05, 0) is 48.2 Å². The summed E-state index contributed by atoms with van der Waals surface area (Å²) in [4.78, 5) is 32.1. The van der Waals surface area contributed by atoms with Gasteiger partial charge in [0.15, 0.2) is 0 Å². The van der Waals surface area contributed by atoms with Crippen LogP contribution in [0.25, 0.3) is 0 Å². The van der Waals surface area contributed by atoms with Crippen LogP contribution >= 0.6 is 0 Å². The van der Waals surface area contributed by atoms with E-state index < -0.39 is 5.91 Å². The summed E-state index contributed by atoms with van der Waals surface area (Å²) >= 11 is 0. The van der Waals surface area contributed by atoms with Gasteiger partial charge in [-0.2, -0.15) is 0 Å². The lowest BCUT2D eigenvalue weighted by atomic mass is 10.1. The Morgan fingerprint density at radius 2 is 1.63 bits per heavy atom. The van der Waals surface area contributed by atoms with Crippen molar-refractivity contribution in [3.8, 4) is 0 Å². The zero-order valence-corrected chi connectivity index (χ0v) is 19.8. The van der Waals surface area contributed by atoms with Gasteiger partial charge >= 0.3 is 0 Å². The molecule has 0 radical (unpaired) electrons. The van der Waals surface area contributed by atoms with Gasteiger partial charge < -0.3 is 26.2 Å². The molecule has 0 spiro atoms. The summed E-state index contributed by atoms with van der Waals surface area (Å²) in [6, 6.07) is 18.6. The Morgan fingerprint density at radius 1 is 0.971 bits per heavy atom. The molecule has 8 heteroatoms. The summed E-state index contributed by atoms with van der Waals surface area (Å²) in [5.74, 6) is 0.262. The van der Waals surface area contributed by atoms with E-state index in [0.29, 0.717) is 17.1 Å². The highest BCUT2D eigenvalue weighted by Crippen LogP contribution is 2.28. The number of carbonyl (C=O) groups excluding carboxylic acids is 2. The summed E-state index contributed by atoms with van der Waals surface area (Å²) < 4.78 is 0. The van der Waals surface area contributed by atoms with E-state index in [4.69, 9.17) is 5.73 Å². The van der Waals surface area contributed by atoms with E-state index in [1.54, 1.807) is 6.92 Å². The van der Waals surface area contributed by atoms with Crippen molar-refractivity contribution in [3.05, 3.63) is 77.5 Å². The van der Waals surface area contributed by atoms with Crippen molar-refractivity contribution >= 4 is 34.7 Å². The summed E-state index contributed by atoms with van der Waals surface area (Å²) in [7, 11) is 0. The van der Waals surface area contributed by atoms with Crippen molar-refractivity contribution in [2.45, 2.75) is 25.8 Å². The molecule has 1 aliphatic heterocycles. The largest absolute Gasteiger partial charge is 0.381 e. The normalized spacial score (nSPS) is 15.6. The molecule has 2 aliphatic rings. The number of anilines is 4. The van der Waals surface area contributed by atoms with Crippen LogP contribution in [0.3, 0.4) is 0 Å². The van der Waals surface area contributed by atoms with Gasteiger partial charge in [-0.15, -0.1) is 0 Å². The van der Waals surface area contributed by atoms with E-state index in [-0.39, 0.29) is 11.9 Å². The first-order chi connectivity index (χ1) is 17.0. The van der Waals surface area contributed by atoms with Crippen molar-refractivity contribution in [1.29, 1.82) is 0 Å². The Morgan fingerprint density at radius 3 is 2.23 bits per heavy atom. The number of carbonyl (C=O) groups is 2. The average molecular weight is 471 g/mol. The predicted octanol–water partition coefficient (Wildman–Crippen LogP) is 3.17. The molecule has 2 amide bonds. The Hall–Kier alpha value is -4.07. The highest BCUT2D eigenvalue weighted by atomic mass is 16.2. The molecule has 1 saturated heterocycles. The minimum Gasteiger partial charge on any atom is -0.381 e. The molecule has 1 aromatic heterocycles. The number of nitrogens with two attached hydrogens (primary N) is 1. The minimum absolute atomic E-state index is 0.130. The lowest BCUT2D eigenvalue weighted by molar-refractivity contribution is -0.129. The Kier molecular flexibility index (Phi) is 6.27. The van der Waals surface area contributed by atoms with Gasteiger partial charge in [0.2, 0.25) is 5.91 Å². The summed E-state index contributed by atoms with van der Waals surface area (Å²) in [5.41, 5.74) is 11.4. The molecule has 0 unspecified atom stereocenters. The Balaban J connectivity index is 1.26. The average Bonchev–Trinajstić information content (AvgIpc) is 3.27. The lowest BCUT2D eigenvalue weighted by Crippen LogP contribution is -2.48. The number of fused-ring (bicyclic) bond motifs is 1. The van der Waals surface area contributed by atoms with Crippen molar-refractivity contribution in [3.63, 3.8) is 0 Å². The number of primary amides is 1. The van der Waals surface area contributed by atoms with Gasteiger partial charge in [0.05, 0.1) is 11.3 Å². The van der Waals surface area contributed by atoms with E-state index in [1.807, 2.05) is 23.1 Å². The Labute approximate surface area is 205 Å². The first-order valence-electron chi connectivity index (χ1n) is 12.0. The molecule has 4 N–H and O–H groups in total. The first kappa shape index (κ1) is 22.7. The topological polar surface area (TPSA) is 104 Å². The van der Waals surface area contributed by atoms with Crippen molar-refractivity contribution in [1.82, 2.24) is 9.88 Å². The van der Waals surface area contributed by atoms with Crippen LogP contribution < -0.4 is 21.3 Å². The number of amides is 2. The zero-order valence-electron chi connectivity index (χ0n) is 19.8. The van der Waals surface area contributed by atoms with Crippen LogP contribution in [0.15, 0.2) is 60.8 Å². The van der Waals surface area contributed by atoms with Crippen molar-refractivity contribution in [2.24, 2.45) is 5.73 Å². The monoisotopic (exact) mass is 470 g/mol. The third-order valence-corrected chi connectivity index (χ3v) is 6.81. The van der Waals surface area contributed by atoms with Crippen LogP contribution in [0.5, 0.6) is 0 Å². The molecular weight excluding hydrogens is 440 g/mol. The van der Waals surface area contributed by atoms with Gasteiger partial charge in [-0.1, -0.05) is 24.3 Å². The van der Waals surface area contributed by atoms with E-state index in [2.05, 4.69) is 56.9 Å². The maximum absolute atomic E-state index is 12.0. The highest BCUT2D eigenvalue weighted by Gasteiger charge is 2.23. The predicted molar refractivity (Wildman–Crippen MR) is 138 cm³/mol. The Bertz CT molecular complexity index is 1210. The number of piperazine rings is 1. The second kappa shape index (κ2) is 9.66. The van der Waals surface area contributed by atoms with Crippen LogP contribution in [0.4, 0.5) is 22.9 Å². The number of aromatic nitrogens is 1. The third-order valence-electron chi connectivity index (χ3n) is 6.81. The molecule has 1 fully saturated rings. The summed E-state index contributed by atoms with van der Waals surface area (Å²) in [5, 5.41) is 6.84.